The van der Waals surface area contributed by atoms with Crippen LogP contribution in [0.4, 0.5) is 0 Å². The summed E-state index contributed by atoms with van der Waals surface area (Å²) in [4.78, 5) is 4.15. The first kappa shape index (κ1) is 12.8. The van der Waals surface area contributed by atoms with Crippen molar-refractivity contribution in [1.29, 1.82) is 0 Å². The lowest BCUT2D eigenvalue weighted by molar-refractivity contribution is 0.540. The summed E-state index contributed by atoms with van der Waals surface area (Å²) in [5.74, 6) is 0. The Balaban J connectivity index is 1.93. The molecule has 2 heterocycles. The normalized spacial score (nSPS) is 12.6. The van der Waals surface area contributed by atoms with Gasteiger partial charge in [-0.1, -0.05) is 13.0 Å². The van der Waals surface area contributed by atoms with Gasteiger partial charge in [0.2, 0.25) is 0 Å². The van der Waals surface area contributed by atoms with Crippen LogP contribution in [-0.4, -0.2) is 9.55 Å². The van der Waals surface area contributed by atoms with Crippen molar-refractivity contribution in [3.63, 3.8) is 0 Å². The zero-order valence-electron chi connectivity index (χ0n) is 11.1. The standard InChI is InChI=1S/C15H21N3/c1-3-9-18-10-5-7-15(18)12-17-13(2)14-6-4-8-16-11-14/h4-8,10-11,13,17H,3,9,12H2,1-2H3. The summed E-state index contributed by atoms with van der Waals surface area (Å²) in [6.45, 7) is 6.36. The van der Waals surface area contributed by atoms with E-state index in [9.17, 15) is 0 Å². The van der Waals surface area contributed by atoms with Crippen molar-refractivity contribution >= 4 is 0 Å². The van der Waals surface area contributed by atoms with Gasteiger partial charge in [-0.2, -0.15) is 0 Å². The molecule has 1 N–H and O–H groups in total. The third-order valence-corrected chi connectivity index (χ3v) is 3.16. The van der Waals surface area contributed by atoms with Crippen molar-refractivity contribution in [2.75, 3.05) is 0 Å². The van der Waals surface area contributed by atoms with E-state index in [4.69, 9.17) is 0 Å². The quantitative estimate of drug-likeness (QED) is 0.844. The van der Waals surface area contributed by atoms with E-state index in [1.807, 2.05) is 18.5 Å². The number of pyridine rings is 1. The molecule has 0 saturated heterocycles. The molecule has 1 unspecified atom stereocenters. The molecule has 3 heteroatoms. The lowest BCUT2D eigenvalue weighted by Crippen LogP contribution is -2.20. The van der Waals surface area contributed by atoms with Crippen LogP contribution in [-0.2, 0) is 13.1 Å². The fraction of sp³-hybridized carbons (Fsp3) is 0.400. The van der Waals surface area contributed by atoms with Gasteiger partial charge < -0.3 is 9.88 Å². The molecular formula is C15H21N3. The van der Waals surface area contributed by atoms with Crippen molar-refractivity contribution in [3.8, 4) is 0 Å². The summed E-state index contributed by atoms with van der Waals surface area (Å²) >= 11 is 0. The van der Waals surface area contributed by atoms with Crippen LogP contribution in [0.25, 0.3) is 0 Å². The van der Waals surface area contributed by atoms with Crippen LogP contribution in [0.1, 0.15) is 37.6 Å². The van der Waals surface area contributed by atoms with Crippen LogP contribution in [0.3, 0.4) is 0 Å². The number of hydrogen-bond donors (Lipinski definition) is 1. The highest BCUT2D eigenvalue weighted by Gasteiger charge is 2.06. The molecule has 2 aromatic rings. The maximum absolute atomic E-state index is 4.15. The van der Waals surface area contributed by atoms with Gasteiger partial charge in [0.1, 0.15) is 0 Å². The van der Waals surface area contributed by atoms with E-state index < -0.39 is 0 Å². The predicted molar refractivity (Wildman–Crippen MR) is 74.2 cm³/mol. The van der Waals surface area contributed by atoms with Gasteiger partial charge in [-0.3, -0.25) is 4.98 Å². The minimum Gasteiger partial charge on any atom is -0.350 e. The highest BCUT2D eigenvalue weighted by Crippen LogP contribution is 2.11. The summed E-state index contributed by atoms with van der Waals surface area (Å²) in [5.41, 5.74) is 2.57. The highest BCUT2D eigenvalue weighted by atomic mass is 15.0. The molecule has 0 aromatic carbocycles. The van der Waals surface area contributed by atoms with Gasteiger partial charge in [-0.25, -0.2) is 0 Å². The number of aromatic nitrogens is 2. The Bertz CT molecular complexity index is 462. The molecule has 96 valence electrons. The SMILES string of the molecule is CCCn1cccc1CNC(C)c1cccnc1. The lowest BCUT2D eigenvalue weighted by Gasteiger charge is -2.15. The molecule has 0 aliphatic carbocycles. The van der Waals surface area contributed by atoms with Crippen molar-refractivity contribution < 1.29 is 0 Å². The fourth-order valence-electron chi connectivity index (χ4n) is 2.08. The Morgan fingerprint density at radius 2 is 2.22 bits per heavy atom. The Morgan fingerprint density at radius 3 is 2.94 bits per heavy atom. The molecule has 0 aliphatic rings. The summed E-state index contributed by atoms with van der Waals surface area (Å²) in [6.07, 6.45) is 7.04. The van der Waals surface area contributed by atoms with E-state index in [0.717, 1.165) is 13.1 Å². The van der Waals surface area contributed by atoms with Crippen molar-refractivity contribution in [2.45, 2.75) is 39.4 Å². The van der Waals surface area contributed by atoms with Crippen molar-refractivity contribution in [3.05, 3.63) is 54.1 Å². The summed E-state index contributed by atoms with van der Waals surface area (Å²) < 4.78 is 2.31. The smallest absolute Gasteiger partial charge is 0.0364 e. The van der Waals surface area contributed by atoms with Crippen molar-refractivity contribution in [1.82, 2.24) is 14.9 Å². The first-order valence-electron chi connectivity index (χ1n) is 6.58. The molecule has 2 rings (SSSR count). The van der Waals surface area contributed by atoms with E-state index >= 15 is 0 Å². The van der Waals surface area contributed by atoms with E-state index in [-0.39, 0.29) is 0 Å². The Hall–Kier alpha value is -1.61. The largest absolute Gasteiger partial charge is 0.350 e. The Kier molecular flexibility index (Phi) is 4.53. The molecule has 18 heavy (non-hydrogen) atoms. The molecular weight excluding hydrogens is 222 g/mol. The zero-order chi connectivity index (χ0) is 12.8. The van der Waals surface area contributed by atoms with Gasteiger partial charge >= 0.3 is 0 Å². The second-order valence-corrected chi connectivity index (χ2v) is 4.58. The number of rotatable bonds is 6. The van der Waals surface area contributed by atoms with E-state index in [1.165, 1.54) is 17.7 Å². The van der Waals surface area contributed by atoms with Crippen molar-refractivity contribution in [2.24, 2.45) is 0 Å². The molecule has 0 bridgehead atoms. The third-order valence-electron chi connectivity index (χ3n) is 3.16. The molecule has 0 saturated carbocycles. The minimum absolute atomic E-state index is 0.323. The summed E-state index contributed by atoms with van der Waals surface area (Å²) in [7, 11) is 0. The molecule has 2 aromatic heterocycles. The second kappa shape index (κ2) is 6.36. The van der Waals surface area contributed by atoms with Gasteiger partial charge in [0.15, 0.2) is 0 Å². The lowest BCUT2D eigenvalue weighted by atomic mass is 10.1. The maximum Gasteiger partial charge on any atom is 0.0364 e. The molecule has 0 radical (unpaired) electrons. The topological polar surface area (TPSA) is 29.9 Å². The van der Waals surface area contributed by atoms with Gasteiger partial charge in [-0.15, -0.1) is 0 Å². The average Bonchev–Trinajstić information content (AvgIpc) is 2.85. The molecule has 0 fully saturated rings. The third kappa shape index (κ3) is 3.20. The highest BCUT2D eigenvalue weighted by molar-refractivity contribution is 5.14. The summed E-state index contributed by atoms with van der Waals surface area (Å²) in [6, 6.07) is 8.70. The van der Waals surface area contributed by atoms with Gasteiger partial charge in [0, 0.05) is 43.4 Å². The molecule has 1 atom stereocenters. The molecule has 0 aliphatic heterocycles. The zero-order valence-corrected chi connectivity index (χ0v) is 11.1. The van der Waals surface area contributed by atoms with Gasteiger partial charge in [0.05, 0.1) is 0 Å². The maximum atomic E-state index is 4.15. The van der Waals surface area contributed by atoms with Gasteiger partial charge in [-0.05, 0) is 37.1 Å². The first-order valence-corrected chi connectivity index (χ1v) is 6.58. The minimum atomic E-state index is 0.323. The fourth-order valence-corrected chi connectivity index (χ4v) is 2.08. The van der Waals surface area contributed by atoms with Crippen LogP contribution in [0.15, 0.2) is 42.9 Å². The van der Waals surface area contributed by atoms with Crippen LogP contribution in [0.5, 0.6) is 0 Å². The van der Waals surface area contributed by atoms with Crippen LogP contribution in [0.2, 0.25) is 0 Å². The number of nitrogens with zero attached hydrogens (tertiary/aromatic N) is 2. The molecule has 0 amide bonds. The van der Waals surface area contributed by atoms with Gasteiger partial charge in [0.25, 0.3) is 0 Å². The van der Waals surface area contributed by atoms with E-state index in [2.05, 4.69) is 53.1 Å². The summed E-state index contributed by atoms with van der Waals surface area (Å²) in [5, 5.41) is 3.54. The molecule has 3 nitrogen and oxygen atoms in total. The van der Waals surface area contributed by atoms with Crippen LogP contribution >= 0.6 is 0 Å². The Morgan fingerprint density at radius 1 is 1.33 bits per heavy atom. The Labute approximate surface area is 109 Å². The number of aryl methyl sites for hydroxylation is 1. The number of nitrogens with one attached hydrogen (secondary N) is 1. The second-order valence-electron chi connectivity index (χ2n) is 4.58. The van der Waals surface area contributed by atoms with Crippen LogP contribution in [0, 0.1) is 0 Å². The van der Waals surface area contributed by atoms with Crippen LogP contribution < -0.4 is 5.32 Å². The number of hydrogen-bond acceptors (Lipinski definition) is 2. The first-order chi connectivity index (χ1) is 8.81. The van der Waals surface area contributed by atoms with E-state index in [0.29, 0.717) is 6.04 Å². The monoisotopic (exact) mass is 243 g/mol. The van der Waals surface area contributed by atoms with E-state index in [1.54, 1.807) is 0 Å². The molecule has 0 spiro atoms. The predicted octanol–water partition coefficient (Wildman–Crippen LogP) is 3.14. The average molecular weight is 243 g/mol.